The van der Waals surface area contributed by atoms with E-state index in [0.29, 0.717) is 35.2 Å². The average Bonchev–Trinajstić information content (AvgIpc) is 3.19. The summed E-state index contributed by atoms with van der Waals surface area (Å²) in [6.07, 6.45) is 2.25. The minimum Gasteiger partial charge on any atom is -0.354 e. The molecule has 0 aliphatic rings. The van der Waals surface area contributed by atoms with Gasteiger partial charge in [-0.25, -0.2) is 13.8 Å². The minimum atomic E-state index is -0.435. The molecule has 0 aliphatic carbocycles. The van der Waals surface area contributed by atoms with Crippen molar-refractivity contribution in [1.82, 2.24) is 24.9 Å². The van der Waals surface area contributed by atoms with Crippen molar-refractivity contribution in [3.8, 4) is 5.69 Å². The van der Waals surface area contributed by atoms with Crippen LogP contribution in [0.1, 0.15) is 11.3 Å². The summed E-state index contributed by atoms with van der Waals surface area (Å²) in [5.74, 6) is -0.676. The van der Waals surface area contributed by atoms with E-state index in [9.17, 15) is 14.0 Å². The van der Waals surface area contributed by atoms with Crippen LogP contribution in [-0.2, 0) is 17.8 Å². The van der Waals surface area contributed by atoms with E-state index in [0.717, 1.165) is 10.2 Å². The zero-order chi connectivity index (χ0) is 21.1. The number of rotatable bonds is 6. The maximum atomic E-state index is 13.3. The third-order valence-electron chi connectivity index (χ3n) is 4.81. The van der Waals surface area contributed by atoms with E-state index in [1.54, 1.807) is 13.1 Å². The van der Waals surface area contributed by atoms with Gasteiger partial charge in [0.15, 0.2) is 0 Å². The second kappa shape index (κ2) is 8.28. The first-order valence-corrected chi connectivity index (χ1v) is 9.55. The van der Waals surface area contributed by atoms with Gasteiger partial charge in [0.2, 0.25) is 5.91 Å². The van der Waals surface area contributed by atoms with Crippen LogP contribution in [0.4, 0.5) is 4.39 Å². The normalized spacial score (nSPS) is 11.0. The smallest absolute Gasteiger partial charge is 0.293 e. The van der Waals surface area contributed by atoms with Gasteiger partial charge in [0.1, 0.15) is 17.9 Å². The van der Waals surface area contributed by atoms with Crippen molar-refractivity contribution in [1.29, 1.82) is 0 Å². The highest BCUT2D eigenvalue weighted by Crippen LogP contribution is 2.17. The van der Waals surface area contributed by atoms with E-state index < -0.39 is 5.56 Å². The highest BCUT2D eigenvalue weighted by Gasteiger charge is 2.16. The lowest BCUT2D eigenvalue weighted by molar-refractivity contribution is -0.121. The fourth-order valence-corrected chi connectivity index (χ4v) is 3.29. The molecule has 0 radical (unpaired) electrons. The number of nitrogens with zero attached hydrogens (tertiary/aromatic N) is 4. The third-order valence-corrected chi connectivity index (χ3v) is 4.81. The minimum absolute atomic E-state index is 0.195. The molecule has 0 atom stereocenters. The van der Waals surface area contributed by atoms with Crippen LogP contribution in [0.3, 0.4) is 0 Å². The fourth-order valence-electron chi connectivity index (χ4n) is 3.29. The number of aromatic nitrogens is 4. The molecule has 152 valence electrons. The standard InChI is InChI=1S/C22H20FN5O2/c1-15-19-13-25-28(18-9-7-17(23)8-10-18)21(19)22(30)27(26-15)14-20(29)24-12-11-16-5-3-2-4-6-16/h2-10,13H,11-12,14H2,1H3,(H,24,29). The Kier molecular flexibility index (Phi) is 5.38. The molecule has 4 aromatic rings. The molecule has 0 unspecified atom stereocenters. The monoisotopic (exact) mass is 405 g/mol. The summed E-state index contributed by atoms with van der Waals surface area (Å²) in [6.45, 7) is 2.02. The Morgan fingerprint density at radius 2 is 1.83 bits per heavy atom. The van der Waals surface area contributed by atoms with Gasteiger partial charge in [0.05, 0.1) is 17.6 Å². The van der Waals surface area contributed by atoms with Gasteiger partial charge in [0.25, 0.3) is 5.56 Å². The Balaban J connectivity index is 1.56. The molecule has 8 heteroatoms. The lowest BCUT2D eigenvalue weighted by Gasteiger charge is -2.09. The molecule has 1 amide bonds. The summed E-state index contributed by atoms with van der Waals surface area (Å²) in [4.78, 5) is 25.4. The summed E-state index contributed by atoms with van der Waals surface area (Å²) >= 11 is 0. The molecular weight excluding hydrogens is 385 g/mol. The molecule has 2 heterocycles. The van der Waals surface area contributed by atoms with Crippen molar-refractivity contribution in [2.75, 3.05) is 6.54 Å². The first-order valence-electron chi connectivity index (χ1n) is 9.55. The second-order valence-corrected chi connectivity index (χ2v) is 6.93. The molecule has 0 spiro atoms. The van der Waals surface area contributed by atoms with Crippen LogP contribution >= 0.6 is 0 Å². The molecule has 2 aromatic heterocycles. The van der Waals surface area contributed by atoms with Crippen LogP contribution in [0, 0.1) is 12.7 Å². The number of carbonyl (C=O) groups is 1. The maximum Gasteiger partial charge on any atom is 0.293 e. The molecule has 1 N–H and O–H groups in total. The summed E-state index contributed by atoms with van der Waals surface area (Å²) in [7, 11) is 0. The lowest BCUT2D eigenvalue weighted by atomic mass is 10.1. The number of nitrogens with one attached hydrogen (secondary N) is 1. The van der Waals surface area contributed by atoms with Gasteiger partial charge in [-0.1, -0.05) is 30.3 Å². The quantitative estimate of drug-likeness (QED) is 0.534. The summed E-state index contributed by atoms with van der Waals surface area (Å²) in [6, 6.07) is 15.5. The van der Waals surface area contributed by atoms with E-state index in [1.807, 2.05) is 30.3 Å². The summed E-state index contributed by atoms with van der Waals surface area (Å²) in [5, 5.41) is 11.9. The highest BCUT2D eigenvalue weighted by molar-refractivity contribution is 5.82. The van der Waals surface area contributed by atoms with Crippen LogP contribution in [0.2, 0.25) is 0 Å². The van der Waals surface area contributed by atoms with Crippen LogP contribution in [-0.4, -0.2) is 32.0 Å². The number of amides is 1. The molecule has 4 rings (SSSR count). The zero-order valence-electron chi connectivity index (χ0n) is 16.4. The average molecular weight is 405 g/mol. The SMILES string of the molecule is Cc1nn(CC(=O)NCCc2ccccc2)c(=O)c2c1cnn2-c1ccc(F)cc1. The predicted octanol–water partition coefficient (Wildman–Crippen LogP) is 2.39. The van der Waals surface area contributed by atoms with E-state index >= 15 is 0 Å². The predicted molar refractivity (Wildman–Crippen MR) is 111 cm³/mol. The summed E-state index contributed by atoms with van der Waals surface area (Å²) < 4.78 is 15.8. The number of hydrogen-bond acceptors (Lipinski definition) is 4. The van der Waals surface area contributed by atoms with Crippen molar-refractivity contribution < 1.29 is 9.18 Å². The number of benzene rings is 2. The molecule has 0 saturated heterocycles. The van der Waals surface area contributed by atoms with Crippen molar-refractivity contribution in [2.24, 2.45) is 0 Å². The Hall–Kier alpha value is -3.81. The Morgan fingerprint density at radius 1 is 1.10 bits per heavy atom. The Labute approximate surface area is 171 Å². The van der Waals surface area contributed by atoms with Crippen LogP contribution in [0.5, 0.6) is 0 Å². The van der Waals surface area contributed by atoms with Crippen LogP contribution in [0.25, 0.3) is 16.6 Å². The van der Waals surface area contributed by atoms with Gasteiger partial charge in [0, 0.05) is 11.9 Å². The Morgan fingerprint density at radius 3 is 2.57 bits per heavy atom. The van der Waals surface area contributed by atoms with E-state index in [4.69, 9.17) is 0 Å². The molecule has 30 heavy (non-hydrogen) atoms. The summed E-state index contributed by atoms with van der Waals surface area (Å²) in [5.41, 5.74) is 2.11. The third kappa shape index (κ3) is 3.98. The molecule has 0 bridgehead atoms. The zero-order valence-corrected chi connectivity index (χ0v) is 16.4. The maximum absolute atomic E-state index is 13.3. The van der Waals surface area contributed by atoms with E-state index in [1.165, 1.54) is 28.9 Å². The van der Waals surface area contributed by atoms with Gasteiger partial charge < -0.3 is 5.32 Å². The van der Waals surface area contributed by atoms with E-state index in [-0.39, 0.29) is 18.3 Å². The Bertz CT molecular complexity index is 1250. The topological polar surface area (TPSA) is 81.8 Å². The first kappa shape index (κ1) is 19.5. The van der Waals surface area contributed by atoms with Crippen LogP contribution < -0.4 is 10.9 Å². The first-order chi connectivity index (χ1) is 14.5. The fraction of sp³-hybridized carbons (Fsp3) is 0.182. The molecule has 7 nitrogen and oxygen atoms in total. The second-order valence-electron chi connectivity index (χ2n) is 6.93. The lowest BCUT2D eigenvalue weighted by Crippen LogP contribution is -2.35. The van der Waals surface area contributed by atoms with Gasteiger partial charge in [-0.15, -0.1) is 0 Å². The van der Waals surface area contributed by atoms with Gasteiger partial charge in [-0.2, -0.15) is 10.2 Å². The number of carbonyl (C=O) groups excluding carboxylic acids is 1. The molecule has 0 fully saturated rings. The molecule has 2 aromatic carbocycles. The van der Waals surface area contributed by atoms with Crippen LogP contribution in [0.15, 0.2) is 65.6 Å². The number of halogens is 1. The van der Waals surface area contributed by atoms with Crippen molar-refractivity contribution in [3.63, 3.8) is 0 Å². The van der Waals surface area contributed by atoms with Gasteiger partial charge in [-0.05, 0) is 43.2 Å². The van der Waals surface area contributed by atoms with Gasteiger partial charge in [-0.3, -0.25) is 9.59 Å². The highest BCUT2D eigenvalue weighted by atomic mass is 19.1. The van der Waals surface area contributed by atoms with Crippen molar-refractivity contribution >= 4 is 16.8 Å². The largest absolute Gasteiger partial charge is 0.354 e. The number of aryl methyl sites for hydroxylation is 1. The molecular formula is C22H20FN5O2. The number of fused-ring (bicyclic) bond motifs is 1. The molecule has 0 aliphatic heterocycles. The van der Waals surface area contributed by atoms with Crippen molar-refractivity contribution in [2.45, 2.75) is 19.9 Å². The van der Waals surface area contributed by atoms with Gasteiger partial charge >= 0.3 is 0 Å². The van der Waals surface area contributed by atoms with Crippen molar-refractivity contribution in [3.05, 3.63) is 88.2 Å². The van der Waals surface area contributed by atoms with E-state index in [2.05, 4.69) is 15.5 Å². The molecule has 0 saturated carbocycles. The number of hydrogen-bond donors (Lipinski definition) is 1.